The van der Waals surface area contributed by atoms with E-state index in [0.717, 1.165) is 11.1 Å². The van der Waals surface area contributed by atoms with Crippen LogP contribution in [0.4, 0.5) is 4.79 Å². The second kappa shape index (κ2) is 12.5. The van der Waals surface area contributed by atoms with Crippen LogP contribution in [0.3, 0.4) is 0 Å². The minimum absolute atomic E-state index is 0.0345. The lowest BCUT2D eigenvalue weighted by atomic mass is 10.0. The van der Waals surface area contributed by atoms with Crippen LogP contribution in [-0.2, 0) is 17.7 Å². The number of alkyl carbamates (subject to hydrolysis) is 1. The second-order valence-corrected chi connectivity index (χ2v) is 10.5. The Morgan fingerprint density at radius 2 is 1.38 bits per heavy atom. The van der Waals surface area contributed by atoms with Gasteiger partial charge in [0.2, 0.25) is 0 Å². The minimum Gasteiger partial charge on any atom is -0.846 e. The highest BCUT2D eigenvalue weighted by Crippen LogP contribution is 2.15. The third-order valence-electron chi connectivity index (χ3n) is 5.81. The number of rotatable bonds is 10. The zero-order chi connectivity index (χ0) is 26.9. The van der Waals surface area contributed by atoms with Crippen LogP contribution < -0.4 is 15.8 Å². The maximum absolute atomic E-state index is 13.8. The topological polar surface area (TPSA) is 90.5 Å². The largest absolute Gasteiger partial charge is 0.846 e. The number of nitrogens with zero attached hydrogens (tertiary/aromatic N) is 1. The normalized spacial score (nSPS) is 14.6. The SMILES string of the molecule is CC(C)(C)OC(=O)NC(Cc1ccccc1)C([O-])C[N+](C)(Cc1ccccc1)NC(=O)c1ccccc1. The van der Waals surface area contributed by atoms with Gasteiger partial charge in [0.05, 0.1) is 13.6 Å². The fourth-order valence-electron chi connectivity index (χ4n) is 4.16. The second-order valence-electron chi connectivity index (χ2n) is 10.5. The Morgan fingerprint density at radius 3 is 1.92 bits per heavy atom. The molecule has 7 heteroatoms. The number of quaternary nitrogens is 1. The molecular formula is C30H37N3O4. The van der Waals surface area contributed by atoms with Crippen LogP contribution in [0.2, 0.25) is 0 Å². The zero-order valence-corrected chi connectivity index (χ0v) is 22.0. The molecule has 3 aromatic rings. The fourth-order valence-corrected chi connectivity index (χ4v) is 4.16. The van der Waals surface area contributed by atoms with E-state index in [-0.39, 0.29) is 17.0 Å². The summed E-state index contributed by atoms with van der Waals surface area (Å²) < 4.78 is 5.41. The maximum atomic E-state index is 13.8. The molecule has 3 atom stereocenters. The highest BCUT2D eigenvalue weighted by atomic mass is 16.6. The number of hydrogen-bond donors (Lipinski definition) is 2. The van der Waals surface area contributed by atoms with E-state index in [0.29, 0.717) is 18.5 Å². The van der Waals surface area contributed by atoms with Crippen molar-refractivity contribution in [1.29, 1.82) is 0 Å². The molecule has 2 N–H and O–H groups in total. The van der Waals surface area contributed by atoms with Crippen molar-refractivity contribution in [2.75, 3.05) is 13.6 Å². The zero-order valence-electron chi connectivity index (χ0n) is 22.0. The van der Waals surface area contributed by atoms with Gasteiger partial charge >= 0.3 is 6.09 Å². The summed E-state index contributed by atoms with van der Waals surface area (Å²) in [5, 5.41) is 16.6. The summed E-state index contributed by atoms with van der Waals surface area (Å²) in [6.45, 7) is 5.78. The van der Waals surface area contributed by atoms with Crippen LogP contribution in [0.25, 0.3) is 0 Å². The van der Waals surface area contributed by atoms with Crippen LogP contribution in [0.5, 0.6) is 0 Å². The van der Waals surface area contributed by atoms with Crippen LogP contribution >= 0.6 is 0 Å². The first-order valence-corrected chi connectivity index (χ1v) is 12.5. The first kappa shape index (κ1) is 27.9. The highest BCUT2D eigenvalue weighted by Gasteiger charge is 2.31. The molecule has 0 fully saturated rings. The van der Waals surface area contributed by atoms with Gasteiger partial charge in [-0.2, -0.15) is 5.43 Å². The Morgan fingerprint density at radius 1 is 0.865 bits per heavy atom. The number of carbonyl (C=O) groups excluding carboxylic acids is 2. The molecule has 0 spiro atoms. The molecule has 196 valence electrons. The number of carbonyl (C=O) groups is 2. The summed E-state index contributed by atoms with van der Waals surface area (Å²) >= 11 is 0. The standard InChI is InChI=1S/C30H37N3O4/c1-30(2,3)37-29(36)31-26(20-23-14-8-5-9-15-23)27(34)22-33(4,21-24-16-10-6-11-17-24)32-28(35)25-18-12-7-13-19-25/h5-19,26-27H,20-22H2,1-4H3,(H,31,36)(H,32,35). The predicted molar refractivity (Wildman–Crippen MR) is 142 cm³/mol. The average molecular weight is 504 g/mol. The Hall–Kier alpha value is -3.68. The van der Waals surface area contributed by atoms with Gasteiger partial charge < -0.3 is 15.2 Å². The summed E-state index contributed by atoms with van der Waals surface area (Å²) in [7, 11) is 1.83. The number of likely N-dealkylation sites (N-methyl/N-ethyl adjacent to an activating group) is 1. The van der Waals surface area contributed by atoms with Gasteiger partial charge in [-0.15, -0.1) is 0 Å². The number of nitrogens with one attached hydrogen (secondary N) is 2. The molecule has 2 amide bonds. The molecule has 0 aromatic heterocycles. The van der Waals surface area contributed by atoms with Crippen LogP contribution in [0, 0.1) is 0 Å². The van der Waals surface area contributed by atoms with E-state index >= 15 is 0 Å². The van der Waals surface area contributed by atoms with Crippen molar-refractivity contribution in [3.05, 3.63) is 108 Å². The molecule has 3 aromatic carbocycles. The van der Waals surface area contributed by atoms with Gasteiger partial charge in [0, 0.05) is 17.2 Å². The fraction of sp³-hybridized carbons (Fsp3) is 0.333. The highest BCUT2D eigenvalue weighted by molar-refractivity contribution is 5.93. The Balaban J connectivity index is 1.85. The molecule has 3 rings (SSSR count). The first-order valence-electron chi connectivity index (χ1n) is 12.5. The molecule has 0 aliphatic heterocycles. The maximum Gasteiger partial charge on any atom is 0.407 e. The van der Waals surface area contributed by atoms with E-state index in [1.54, 1.807) is 45.0 Å². The number of benzene rings is 3. The monoisotopic (exact) mass is 503 g/mol. The van der Waals surface area contributed by atoms with Crippen molar-refractivity contribution >= 4 is 12.0 Å². The Kier molecular flexibility index (Phi) is 9.44. The van der Waals surface area contributed by atoms with E-state index in [2.05, 4.69) is 10.7 Å². The Labute approximate surface area is 219 Å². The summed E-state index contributed by atoms with van der Waals surface area (Å²) in [6, 6.07) is 27.4. The van der Waals surface area contributed by atoms with Crippen LogP contribution in [0.1, 0.15) is 42.3 Å². The molecule has 3 unspecified atom stereocenters. The van der Waals surface area contributed by atoms with Gasteiger partial charge in [0.1, 0.15) is 12.1 Å². The summed E-state index contributed by atoms with van der Waals surface area (Å²) in [4.78, 5) is 25.7. The van der Waals surface area contributed by atoms with Crippen molar-refractivity contribution in [2.24, 2.45) is 0 Å². The minimum atomic E-state index is -1.24. The first-order chi connectivity index (χ1) is 17.5. The van der Waals surface area contributed by atoms with Gasteiger partial charge in [-0.25, -0.2) is 9.39 Å². The van der Waals surface area contributed by atoms with Crippen LogP contribution in [-0.4, -0.2) is 47.9 Å². The van der Waals surface area contributed by atoms with E-state index < -0.39 is 23.8 Å². The van der Waals surface area contributed by atoms with Gasteiger partial charge in [-0.05, 0) is 44.9 Å². The van der Waals surface area contributed by atoms with E-state index in [9.17, 15) is 14.7 Å². The van der Waals surface area contributed by atoms with Crippen molar-refractivity contribution < 1.29 is 24.0 Å². The van der Waals surface area contributed by atoms with Crippen molar-refractivity contribution in [3.8, 4) is 0 Å². The van der Waals surface area contributed by atoms with E-state index in [1.165, 1.54) is 0 Å². The third-order valence-corrected chi connectivity index (χ3v) is 5.81. The van der Waals surface area contributed by atoms with Gasteiger partial charge in [0.15, 0.2) is 0 Å². The molecule has 0 saturated heterocycles. The van der Waals surface area contributed by atoms with Crippen LogP contribution in [0.15, 0.2) is 91.0 Å². The van der Waals surface area contributed by atoms with Gasteiger partial charge in [-0.3, -0.25) is 4.79 Å². The molecule has 37 heavy (non-hydrogen) atoms. The van der Waals surface area contributed by atoms with E-state index in [4.69, 9.17) is 4.74 Å². The quantitative estimate of drug-likeness (QED) is 0.325. The molecular weight excluding hydrogens is 466 g/mol. The smallest absolute Gasteiger partial charge is 0.407 e. The molecule has 0 saturated carbocycles. The molecule has 0 aliphatic carbocycles. The van der Waals surface area contributed by atoms with Gasteiger partial charge in [0.25, 0.3) is 5.91 Å². The average Bonchev–Trinajstić information content (AvgIpc) is 2.84. The molecule has 0 aliphatic rings. The lowest BCUT2D eigenvalue weighted by Gasteiger charge is -2.42. The van der Waals surface area contributed by atoms with Crippen molar-refractivity contribution in [1.82, 2.24) is 10.7 Å². The summed E-state index contributed by atoms with van der Waals surface area (Å²) in [6.07, 6.45) is -1.54. The number of amides is 2. The lowest BCUT2D eigenvalue weighted by molar-refractivity contribution is -0.963. The third kappa shape index (κ3) is 9.37. The molecule has 0 bridgehead atoms. The number of ether oxygens (including phenoxy) is 1. The number of hydrogen-bond acceptors (Lipinski definition) is 4. The van der Waals surface area contributed by atoms with Crippen molar-refractivity contribution in [2.45, 2.75) is 51.5 Å². The Bertz CT molecular complexity index is 1130. The predicted octanol–water partition coefficient (Wildman–Crippen LogP) is 3.84. The van der Waals surface area contributed by atoms with Gasteiger partial charge in [-0.1, -0.05) is 85.0 Å². The summed E-state index contributed by atoms with van der Waals surface area (Å²) in [5.74, 6) is -0.272. The van der Waals surface area contributed by atoms with Crippen molar-refractivity contribution in [3.63, 3.8) is 0 Å². The lowest BCUT2D eigenvalue weighted by Crippen LogP contribution is -2.65. The molecule has 0 heterocycles. The van der Waals surface area contributed by atoms with E-state index in [1.807, 2.05) is 73.8 Å². The molecule has 0 radical (unpaired) electrons. The summed E-state index contributed by atoms with van der Waals surface area (Å²) in [5.41, 5.74) is 4.77. The molecule has 7 nitrogen and oxygen atoms in total.